The van der Waals surface area contributed by atoms with Gasteiger partial charge < -0.3 is 10.6 Å². The zero-order valence-corrected chi connectivity index (χ0v) is 12.1. The molecule has 0 spiro atoms. The first kappa shape index (κ1) is 13.1. The van der Waals surface area contributed by atoms with Crippen molar-refractivity contribution in [1.82, 2.24) is 4.90 Å². The van der Waals surface area contributed by atoms with Crippen LogP contribution < -0.4 is 5.73 Å². The second-order valence-electron chi connectivity index (χ2n) is 5.47. The molecule has 1 heterocycles. The Bertz CT molecular complexity index is 502. The highest BCUT2D eigenvalue weighted by atomic mass is 79.9. The Labute approximate surface area is 120 Å². The topological polar surface area (TPSA) is 46.3 Å². The Morgan fingerprint density at radius 1 is 1.37 bits per heavy atom. The summed E-state index contributed by atoms with van der Waals surface area (Å²) in [6, 6.07) is 4.79. The van der Waals surface area contributed by atoms with E-state index < -0.39 is 5.82 Å². The van der Waals surface area contributed by atoms with E-state index in [2.05, 4.69) is 15.9 Å². The third-order valence-electron chi connectivity index (χ3n) is 4.38. The first-order valence-corrected chi connectivity index (χ1v) is 7.36. The summed E-state index contributed by atoms with van der Waals surface area (Å²) in [4.78, 5) is 14.2. The van der Waals surface area contributed by atoms with Crippen molar-refractivity contribution in [2.75, 3.05) is 13.1 Å². The Morgan fingerprint density at radius 2 is 2.16 bits per heavy atom. The van der Waals surface area contributed by atoms with Gasteiger partial charge in [0, 0.05) is 23.6 Å². The summed E-state index contributed by atoms with van der Waals surface area (Å²) in [5.41, 5.74) is 6.19. The standard InChI is InChI=1S/C14H16BrFN2O/c15-10-2-1-3-11(16)13(10)14(19)18-6-8-4-5-12(17)9(8)7-18/h1-3,8-9,12H,4-7,17H2. The Balaban J connectivity index is 1.83. The first-order chi connectivity index (χ1) is 9.08. The second-order valence-corrected chi connectivity index (χ2v) is 6.33. The van der Waals surface area contributed by atoms with Crippen LogP contribution in [0.3, 0.4) is 0 Å². The monoisotopic (exact) mass is 326 g/mol. The Kier molecular flexibility index (Phi) is 3.35. The average Bonchev–Trinajstić information content (AvgIpc) is 2.92. The summed E-state index contributed by atoms with van der Waals surface area (Å²) in [6.45, 7) is 1.36. The molecule has 2 aliphatic rings. The molecule has 1 aliphatic heterocycles. The fourth-order valence-corrected chi connectivity index (χ4v) is 3.85. The van der Waals surface area contributed by atoms with Gasteiger partial charge in [-0.25, -0.2) is 4.39 Å². The minimum atomic E-state index is -0.472. The Hall–Kier alpha value is -0.940. The summed E-state index contributed by atoms with van der Waals surface area (Å²) < 4.78 is 14.3. The van der Waals surface area contributed by atoms with Crippen LogP contribution in [-0.4, -0.2) is 29.9 Å². The van der Waals surface area contributed by atoms with Crippen molar-refractivity contribution in [3.05, 3.63) is 34.1 Å². The molecule has 5 heteroatoms. The molecule has 19 heavy (non-hydrogen) atoms. The van der Waals surface area contributed by atoms with Gasteiger partial charge >= 0.3 is 0 Å². The summed E-state index contributed by atoms with van der Waals surface area (Å²) >= 11 is 3.26. The van der Waals surface area contributed by atoms with Gasteiger partial charge in [0.1, 0.15) is 5.82 Å². The maximum Gasteiger partial charge on any atom is 0.258 e. The SMILES string of the molecule is NC1CCC2CN(C(=O)c3c(F)cccc3Br)CC12. The lowest BCUT2D eigenvalue weighted by atomic mass is 9.98. The molecule has 3 atom stereocenters. The lowest BCUT2D eigenvalue weighted by Gasteiger charge is -2.19. The van der Waals surface area contributed by atoms with Crippen LogP contribution in [0.5, 0.6) is 0 Å². The van der Waals surface area contributed by atoms with E-state index in [4.69, 9.17) is 5.73 Å². The van der Waals surface area contributed by atoms with Crippen molar-refractivity contribution >= 4 is 21.8 Å². The van der Waals surface area contributed by atoms with Crippen molar-refractivity contribution in [3.8, 4) is 0 Å². The van der Waals surface area contributed by atoms with Crippen LogP contribution in [0.15, 0.2) is 22.7 Å². The molecular weight excluding hydrogens is 311 g/mol. The van der Waals surface area contributed by atoms with Gasteiger partial charge in [-0.2, -0.15) is 0 Å². The molecule has 2 fully saturated rings. The highest BCUT2D eigenvalue weighted by molar-refractivity contribution is 9.10. The third kappa shape index (κ3) is 2.19. The predicted octanol–water partition coefficient (Wildman–Crippen LogP) is 2.40. The molecule has 1 amide bonds. The minimum absolute atomic E-state index is 0.135. The normalized spacial score (nSPS) is 29.6. The van der Waals surface area contributed by atoms with Gasteiger partial charge in [-0.3, -0.25) is 4.79 Å². The lowest BCUT2D eigenvalue weighted by Crippen LogP contribution is -2.34. The molecule has 0 radical (unpaired) electrons. The summed E-state index contributed by atoms with van der Waals surface area (Å²) in [6.07, 6.45) is 2.12. The van der Waals surface area contributed by atoms with E-state index in [0.29, 0.717) is 29.4 Å². The van der Waals surface area contributed by atoms with Gasteiger partial charge in [-0.05, 0) is 52.7 Å². The van der Waals surface area contributed by atoms with Crippen molar-refractivity contribution in [1.29, 1.82) is 0 Å². The van der Waals surface area contributed by atoms with Crippen LogP contribution in [0.1, 0.15) is 23.2 Å². The van der Waals surface area contributed by atoms with Crippen LogP contribution in [0.25, 0.3) is 0 Å². The molecule has 1 aromatic carbocycles. The van der Waals surface area contributed by atoms with Crippen LogP contribution in [-0.2, 0) is 0 Å². The van der Waals surface area contributed by atoms with Gasteiger partial charge in [-0.15, -0.1) is 0 Å². The van der Waals surface area contributed by atoms with Gasteiger partial charge in [0.2, 0.25) is 0 Å². The van der Waals surface area contributed by atoms with E-state index in [1.807, 2.05) is 0 Å². The molecule has 1 saturated heterocycles. The number of likely N-dealkylation sites (tertiary alicyclic amines) is 1. The van der Waals surface area contributed by atoms with E-state index in [-0.39, 0.29) is 17.5 Å². The van der Waals surface area contributed by atoms with Crippen LogP contribution in [0.2, 0.25) is 0 Å². The minimum Gasteiger partial charge on any atom is -0.338 e. The van der Waals surface area contributed by atoms with Crippen LogP contribution >= 0.6 is 15.9 Å². The highest BCUT2D eigenvalue weighted by Gasteiger charge is 2.43. The first-order valence-electron chi connectivity index (χ1n) is 6.57. The number of fused-ring (bicyclic) bond motifs is 1. The zero-order valence-electron chi connectivity index (χ0n) is 10.5. The van der Waals surface area contributed by atoms with Crippen molar-refractivity contribution in [2.24, 2.45) is 17.6 Å². The second kappa shape index (κ2) is 4.87. The summed E-state index contributed by atoms with van der Waals surface area (Å²) in [5.74, 6) is 0.173. The van der Waals surface area contributed by atoms with Crippen LogP contribution in [0.4, 0.5) is 4.39 Å². The third-order valence-corrected chi connectivity index (χ3v) is 5.04. The lowest BCUT2D eigenvalue weighted by molar-refractivity contribution is 0.0774. The quantitative estimate of drug-likeness (QED) is 0.861. The number of halogens is 2. The van der Waals surface area contributed by atoms with E-state index in [1.54, 1.807) is 17.0 Å². The van der Waals surface area contributed by atoms with E-state index in [0.717, 1.165) is 12.8 Å². The maximum absolute atomic E-state index is 13.8. The zero-order chi connectivity index (χ0) is 13.6. The molecule has 2 N–H and O–H groups in total. The van der Waals surface area contributed by atoms with Gasteiger partial charge in [0.25, 0.3) is 5.91 Å². The molecule has 102 valence electrons. The number of amides is 1. The van der Waals surface area contributed by atoms with Gasteiger partial charge in [0.05, 0.1) is 5.56 Å². The van der Waals surface area contributed by atoms with Crippen molar-refractivity contribution < 1.29 is 9.18 Å². The molecule has 1 aliphatic carbocycles. The molecule has 3 rings (SSSR count). The largest absolute Gasteiger partial charge is 0.338 e. The number of hydrogen-bond acceptors (Lipinski definition) is 2. The molecule has 1 aromatic rings. The molecule has 0 bridgehead atoms. The molecule has 1 saturated carbocycles. The van der Waals surface area contributed by atoms with Crippen molar-refractivity contribution in [3.63, 3.8) is 0 Å². The summed E-state index contributed by atoms with van der Waals surface area (Å²) in [7, 11) is 0. The fourth-order valence-electron chi connectivity index (χ4n) is 3.33. The molecule has 0 aromatic heterocycles. The van der Waals surface area contributed by atoms with Crippen molar-refractivity contribution in [2.45, 2.75) is 18.9 Å². The fraction of sp³-hybridized carbons (Fsp3) is 0.500. The smallest absolute Gasteiger partial charge is 0.258 e. The number of nitrogens with zero attached hydrogens (tertiary/aromatic N) is 1. The molecular formula is C14H16BrFN2O. The average molecular weight is 327 g/mol. The maximum atomic E-state index is 13.8. The number of benzene rings is 1. The Morgan fingerprint density at radius 3 is 2.84 bits per heavy atom. The highest BCUT2D eigenvalue weighted by Crippen LogP contribution is 2.38. The van der Waals surface area contributed by atoms with Gasteiger partial charge in [0.15, 0.2) is 0 Å². The number of hydrogen-bond donors (Lipinski definition) is 1. The van der Waals surface area contributed by atoms with E-state index in [1.165, 1.54) is 6.07 Å². The predicted molar refractivity (Wildman–Crippen MR) is 74.2 cm³/mol. The van der Waals surface area contributed by atoms with E-state index in [9.17, 15) is 9.18 Å². The van der Waals surface area contributed by atoms with E-state index >= 15 is 0 Å². The van der Waals surface area contributed by atoms with Crippen LogP contribution in [0, 0.1) is 17.7 Å². The van der Waals surface area contributed by atoms with Gasteiger partial charge in [-0.1, -0.05) is 6.07 Å². The number of carbonyl (C=O) groups is 1. The number of rotatable bonds is 1. The molecule has 3 unspecified atom stereocenters. The number of carbonyl (C=O) groups excluding carboxylic acids is 1. The number of nitrogens with two attached hydrogens (primary N) is 1. The summed E-state index contributed by atoms with van der Waals surface area (Å²) in [5, 5.41) is 0. The molecule has 3 nitrogen and oxygen atoms in total.